The number of ether oxygens (including phenoxy) is 1. The maximum absolute atomic E-state index is 12.4. The lowest BCUT2D eigenvalue weighted by atomic mass is 9.71. The van der Waals surface area contributed by atoms with Gasteiger partial charge in [0.15, 0.2) is 0 Å². The predicted octanol–water partition coefficient (Wildman–Crippen LogP) is 6.85. The molecule has 0 bridgehead atoms. The van der Waals surface area contributed by atoms with Gasteiger partial charge in [0.2, 0.25) is 0 Å². The monoisotopic (exact) mass is 483 g/mol. The second kappa shape index (κ2) is 10.4. The molecule has 3 aromatic rings. The summed E-state index contributed by atoms with van der Waals surface area (Å²) in [6.07, 6.45) is 5.57. The van der Waals surface area contributed by atoms with Gasteiger partial charge in [-0.15, -0.1) is 0 Å². The molecule has 1 N–H and O–H groups in total. The summed E-state index contributed by atoms with van der Waals surface area (Å²) in [6.45, 7) is 10.5. The standard InChI is InChI=1S/C33H41NO2/c1-32(2,3)27-17-15-25(16-18-27)10-8-9-21-34-22-19-28(20-23-34)33(35)29-12-5-4-11-26(29)24-36-31-14-7-6-13-30(31)33/h4-7,11-18,28,35H,8-10,19-24H2,1-3H3. The summed E-state index contributed by atoms with van der Waals surface area (Å²) in [7, 11) is 0. The molecule has 3 aromatic carbocycles. The molecule has 0 aromatic heterocycles. The highest BCUT2D eigenvalue weighted by molar-refractivity contribution is 5.50. The molecular formula is C33H41NO2. The molecule has 190 valence electrons. The third-order valence-electron chi connectivity index (χ3n) is 8.30. The highest BCUT2D eigenvalue weighted by atomic mass is 16.5. The van der Waals surface area contributed by atoms with E-state index in [4.69, 9.17) is 4.74 Å². The van der Waals surface area contributed by atoms with Gasteiger partial charge in [0, 0.05) is 5.56 Å². The molecule has 0 radical (unpaired) electrons. The third kappa shape index (κ3) is 5.10. The summed E-state index contributed by atoms with van der Waals surface area (Å²) >= 11 is 0. The molecule has 0 spiro atoms. The van der Waals surface area contributed by atoms with Crippen molar-refractivity contribution in [3.63, 3.8) is 0 Å². The average Bonchev–Trinajstić information content (AvgIpc) is 3.02. The van der Waals surface area contributed by atoms with Gasteiger partial charge in [-0.2, -0.15) is 0 Å². The molecular weight excluding hydrogens is 442 g/mol. The molecule has 1 saturated heterocycles. The van der Waals surface area contributed by atoms with Crippen molar-refractivity contribution in [1.82, 2.24) is 4.90 Å². The summed E-state index contributed by atoms with van der Waals surface area (Å²) in [6, 6.07) is 25.5. The van der Waals surface area contributed by atoms with Gasteiger partial charge >= 0.3 is 0 Å². The Kier molecular flexibility index (Phi) is 7.23. The molecule has 1 atom stereocenters. The van der Waals surface area contributed by atoms with Crippen LogP contribution in [0.5, 0.6) is 5.75 Å². The van der Waals surface area contributed by atoms with E-state index >= 15 is 0 Å². The number of nitrogens with zero attached hydrogens (tertiary/aromatic N) is 1. The Bertz CT molecular complexity index is 1110. The van der Waals surface area contributed by atoms with Crippen LogP contribution in [0.3, 0.4) is 0 Å². The zero-order valence-electron chi connectivity index (χ0n) is 22.2. The van der Waals surface area contributed by atoms with Crippen molar-refractivity contribution >= 4 is 0 Å². The van der Waals surface area contributed by atoms with Crippen molar-refractivity contribution in [3.8, 4) is 5.75 Å². The minimum atomic E-state index is -1.00. The molecule has 1 fully saturated rings. The van der Waals surface area contributed by atoms with Crippen LogP contribution in [-0.4, -0.2) is 29.6 Å². The second-order valence-corrected chi connectivity index (χ2v) is 11.7. The molecule has 3 heteroatoms. The highest BCUT2D eigenvalue weighted by Crippen LogP contribution is 2.48. The largest absolute Gasteiger partial charge is 0.488 e. The molecule has 0 saturated carbocycles. The molecule has 2 aliphatic heterocycles. The summed E-state index contributed by atoms with van der Waals surface area (Å²) in [5.74, 6) is 0.994. The normalized spacial score (nSPS) is 20.8. The van der Waals surface area contributed by atoms with Crippen LogP contribution in [0, 0.1) is 5.92 Å². The van der Waals surface area contributed by atoms with Crippen molar-refractivity contribution in [2.75, 3.05) is 19.6 Å². The maximum atomic E-state index is 12.4. The van der Waals surface area contributed by atoms with E-state index in [1.165, 1.54) is 24.0 Å². The van der Waals surface area contributed by atoms with Crippen LogP contribution in [0.4, 0.5) is 0 Å². The number of para-hydroxylation sites is 1. The maximum Gasteiger partial charge on any atom is 0.126 e. The van der Waals surface area contributed by atoms with Gasteiger partial charge in [-0.1, -0.05) is 87.5 Å². The van der Waals surface area contributed by atoms with E-state index in [1.54, 1.807) is 0 Å². The second-order valence-electron chi connectivity index (χ2n) is 11.7. The van der Waals surface area contributed by atoms with Gasteiger partial charge in [0.1, 0.15) is 18.0 Å². The van der Waals surface area contributed by atoms with E-state index in [-0.39, 0.29) is 11.3 Å². The first-order valence-corrected chi connectivity index (χ1v) is 13.7. The Labute approximate surface area is 217 Å². The lowest BCUT2D eigenvalue weighted by Gasteiger charge is -2.42. The first-order valence-electron chi connectivity index (χ1n) is 13.7. The lowest BCUT2D eigenvalue weighted by molar-refractivity contribution is -0.0146. The topological polar surface area (TPSA) is 32.7 Å². The zero-order chi connectivity index (χ0) is 25.2. The van der Waals surface area contributed by atoms with Crippen molar-refractivity contribution in [2.24, 2.45) is 5.92 Å². The number of piperidine rings is 1. The van der Waals surface area contributed by atoms with Gasteiger partial charge < -0.3 is 14.7 Å². The first kappa shape index (κ1) is 25.0. The van der Waals surface area contributed by atoms with Crippen molar-refractivity contribution in [1.29, 1.82) is 0 Å². The summed E-state index contributed by atoms with van der Waals surface area (Å²) < 4.78 is 6.14. The Balaban J connectivity index is 1.19. The van der Waals surface area contributed by atoms with Crippen LogP contribution < -0.4 is 4.74 Å². The fraction of sp³-hybridized carbons (Fsp3) is 0.455. The number of rotatable bonds is 6. The van der Waals surface area contributed by atoms with E-state index in [0.29, 0.717) is 6.61 Å². The number of benzene rings is 3. The number of aryl methyl sites for hydroxylation is 1. The number of aliphatic hydroxyl groups is 1. The average molecular weight is 484 g/mol. The molecule has 3 nitrogen and oxygen atoms in total. The Morgan fingerprint density at radius 1 is 0.861 bits per heavy atom. The molecule has 2 heterocycles. The van der Waals surface area contributed by atoms with Gasteiger partial charge in [-0.05, 0) is 91.4 Å². The van der Waals surface area contributed by atoms with E-state index < -0.39 is 5.60 Å². The Hall–Kier alpha value is -2.62. The first-order chi connectivity index (χ1) is 17.4. The van der Waals surface area contributed by atoms with Crippen LogP contribution in [0.1, 0.15) is 74.3 Å². The quantitative estimate of drug-likeness (QED) is 0.389. The lowest BCUT2D eigenvalue weighted by Crippen LogP contribution is -2.44. The third-order valence-corrected chi connectivity index (χ3v) is 8.30. The minimum absolute atomic E-state index is 0.180. The van der Waals surface area contributed by atoms with Crippen LogP contribution >= 0.6 is 0 Å². The van der Waals surface area contributed by atoms with E-state index in [0.717, 1.165) is 61.3 Å². The van der Waals surface area contributed by atoms with Crippen LogP contribution in [-0.2, 0) is 24.0 Å². The molecule has 36 heavy (non-hydrogen) atoms. The fourth-order valence-electron chi connectivity index (χ4n) is 6.08. The number of fused-ring (bicyclic) bond motifs is 2. The SMILES string of the molecule is CC(C)(C)c1ccc(CCCCN2CCC(C3(O)c4ccccc4COc4ccccc43)CC2)cc1. The molecule has 2 aliphatic rings. The van der Waals surface area contributed by atoms with Gasteiger partial charge in [0.25, 0.3) is 0 Å². The van der Waals surface area contributed by atoms with Gasteiger partial charge in [-0.3, -0.25) is 0 Å². The Morgan fingerprint density at radius 2 is 1.53 bits per heavy atom. The summed E-state index contributed by atoms with van der Waals surface area (Å²) in [4.78, 5) is 2.59. The van der Waals surface area contributed by atoms with Crippen LogP contribution in [0.2, 0.25) is 0 Å². The molecule has 0 aliphatic carbocycles. The minimum Gasteiger partial charge on any atom is -0.488 e. The van der Waals surface area contributed by atoms with Gasteiger partial charge in [0.05, 0.1) is 0 Å². The number of unbranched alkanes of at least 4 members (excludes halogenated alkanes) is 1. The number of hydrogen-bond acceptors (Lipinski definition) is 3. The molecule has 0 amide bonds. The number of likely N-dealkylation sites (tertiary alicyclic amines) is 1. The summed E-state index contributed by atoms with van der Waals surface area (Å²) in [5.41, 5.74) is 5.09. The number of hydrogen-bond donors (Lipinski definition) is 1. The van der Waals surface area contributed by atoms with Crippen molar-refractivity contribution < 1.29 is 9.84 Å². The van der Waals surface area contributed by atoms with E-state index in [9.17, 15) is 5.11 Å². The van der Waals surface area contributed by atoms with Crippen LogP contribution in [0.15, 0.2) is 72.8 Å². The molecule has 5 rings (SSSR count). The van der Waals surface area contributed by atoms with E-state index in [1.807, 2.05) is 30.3 Å². The van der Waals surface area contributed by atoms with Crippen LogP contribution in [0.25, 0.3) is 0 Å². The van der Waals surface area contributed by atoms with Crippen molar-refractivity contribution in [2.45, 2.75) is 70.5 Å². The smallest absolute Gasteiger partial charge is 0.126 e. The van der Waals surface area contributed by atoms with E-state index in [2.05, 4.69) is 68.1 Å². The zero-order valence-corrected chi connectivity index (χ0v) is 22.2. The molecule has 1 unspecified atom stereocenters. The fourth-order valence-corrected chi connectivity index (χ4v) is 6.08. The Morgan fingerprint density at radius 3 is 2.25 bits per heavy atom. The highest BCUT2D eigenvalue weighted by Gasteiger charge is 2.45. The van der Waals surface area contributed by atoms with Crippen molar-refractivity contribution in [3.05, 3.63) is 101 Å². The van der Waals surface area contributed by atoms with Gasteiger partial charge in [-0.25, -0.2) is 0 Å². The predicted molar refractivity (Wildman–Crippen MR) is 147 cm³/mol. The summed E-state index contributed by atoms with van der Waals surface area (Å²) in [5, 5.41) is 12.4.